The van der Waals surface area contributed by atoms with Crippen molar-refractivity contribution in [3.8, 4) is 0 Å². The summed E-state index contributed by atoms with van der Waals surface area (Å²) in [5.41, 5.74) is 0.409. The zero-order chi connectivity index (χ0) is 15.0. The first-order valence-corrected chi connectivity index (χ1v) is 7.53. The molecule has 0 spiro atoms. The number of aryl methyl sites for hydroxylation is 1. The largest absolute Gasteiger partial charge is 0.448 e. The van der Waals surface area contributed by atoms with Crippen molar-refractivity contribution in [1.82, 2.24) is 14.8 Å². The van der Waals surface area contributed by atoms with Crippen LogP contribution in [-0.4, -0.2) is 52.8 Å². The molecular formula is C15H21N3O3. The van der Waals surface area contributed by atoms with Crippen LogP contribution in [0.25, 0.3) is 0 Å². The molecule has 2 saturated heterocycles. The number of oxazole rings is 1. The Hall–Kier alpha value is -1.85. The van der Waals surface area contributed by atoms with Crippen LogP contribution in [-0.2, 0) is 4.79 Å². The van der Waals surface area contributed by atoms with Gasteiger partial charge in [0.25, 0.3) is 5.91 Å². The number of nitrogens with zero attached hydrogens (tertiary/aromatic N) is 3. The molecule has 0 saturated carbocycles. The third-order valence-electron chi connectivity index (χ3n) is 4.78. The summed E-state index contributed by atoms with van der Waals surface area (Å²) >= 11 is 0. The van der Waals surface area contributed by atoms with E-state index in [0.717, 1.165) is 19.3 Å². The second-order valence-corrected chi connectivity index (χ2v) is 6.02. The van der Waals surface area contributed by atoms with Crippen LogP contribution in [0, 0.1) is 12.8 Å². The number of hydrogen-bond acceptors (Lipinski definition) is 4. The Morgan fingerprint density at radius 1 is 1.43 bits per heavy atom. The van der Waals surface area contributed by atoms with Crippen LogP contribution in [0.3, 0.4) is 0 Å². The molecule has 0 radical (unpaired) electrons. The molecule has 1 aromatic rings. The van der Waals surface area contributed by atoms with Gasteiger partial charge in [0.05, 0.1) is 0 Å². The van der Waals surface area contributed by atoms with Crippen molar-refractivity contribution < 1.29 is 14.0 Å². The van der Waals surface area contributed by atoms with Crippen molar-refractivity contribution in [2.75, 3.05) is 20.1 Å². The molecule has 0 aliphatic carbocycles. The SMILES string of the molecule is Cc1ocnc1C(=O)N1CC[C@@H]2[C@@H](CCCC(=O)N2C)C1. The monoisotopic (exact) mass is 291 g/mol. The molecule has 2 amide bonds. The Morgan fingerprint density at radius 2 is 2.24 bits per heavy atom. The Kier molecular flexibility index (Phi) is 3.69. The summed E-state index contributed by atoms with van der Waals surface area (Å²) in [6, 6.07) is 0.266. The second-order valence-electron chi connectivity index (χ2n) is 6.02. The molecule has 2 aliphatic rings. The van der Waals surface area contributed by atoms with Gasteiger partial charge < -0.3 is 14.2 Å². The first kappa shape index (κ1) is 14.1. The molecule has 3 rings (SSSR count). The minimum absolute atomic E-state index is 0.0575. The van der Waals surface area contributed by atoms with Crippen LogP contribution in [0.2, 0.25) is 0 Å². The van der Waals surface area contributed by atoms with E-state index in [1.54, 1.807) is 6.92 Å². The first-order chi connectivity index (χ1) is 10.1. The highest BCUT2D eigenvalue weighted by Gasteiger charge is 2.37. The van der Waals surface area contributed by atoms with Crippen molar-refractivity contribution in [3.63, 3.8) is 0 Å². The molecule has 6 nitrogen and oxygen atoms in total. The van der Waals surface area contributed by atoms with Gasteiger partial charge in [0.15, 0.2) is 12.1 Å². The van der Waals surface area contributed by atoms with Crippen molar-refractivity contribution in [2.45, 2.75) is 38.6 Å². The smallest absolute Gasteiger partial charge is 0.276 e. The van der Waals surface area contributed by atoms with Gasteiger partial charge >= 0.3 is 0 Å². The number of fused-ring (bicyclic) bond motifs is 1. The molecule has 0 aromatic carbocycles. The predicted octanol–water partition coefficient (Wildman–Crippen LogP) is 1.46. The Labute approximate surface area is 124 Å². The van der Waals surface area contributed by atoms with Gasteiger partial charge in [-0.2, -0.15) is 0 Å². The maximum absolute atomic E-state index is 12.5. The Morgan fingerprint density at radius 3 is 2.95 bits per heavy atom. The van der Waals surface area contributed by atoms with E-state index in [1.165, 1.54) is 6.39 Å². The Balaban J connectivity index is 1.74. The van der Waals surface area contributed by atoms with E-state index in [9.17, 15) is 9.59 Å². The van der Waals surface area contributed by atoms with Crippen LogP contribution < -0.4 is 0 Å². The molecule has 3 heterocycles. The fourth-order valence-electron chi connectivity index (χ4n) is 3.54. The first-order valence-electron chi connectivity index (χ1n) is 7.53. The van der Waals surface area contributed by atoms with Crippen LogP contribution in [0.4, 0.5) is 0 Å². The number of aromatic nitrogens is 1. The lowest BCUT2D eigenvalue weighted by Crippen LogP contribution is -2.51. The molecule has 2 fully saturated rings. The summed E-state index contributed by atoms with van der Waals surface area (Å²) in [7, 11) is 1.89. The summed E-state index contributed by atoms with van der Waals surface area (Å²) < 4.78 is 5.12. The maximum Gasteiger partial charge on any atom is 0.276 e. The van der Waals surface area contributed by atoms with E-state index in [2.05, 4.69) is 4.98 Å². The number of carbonyl (C=O) groups is 2. The van der Waals surface area contributed by atoms with Crippen LogP contribution >= 0.6 is 0 Å². The van der Waals surface area contributed by atoms with Gasteiger partial charge in [0.1, 0.15) is 5.76 Å². The average Bonchev–Trinajstić information content (AvgIpc) is 2.85. The summed E-state index contributed by atoms with van der Waals surface area (Å²) in [4.78, 5) is 32.2. The molecule has 114 valence electrons. The number of piperidine rings is 1. The number of rotatable bonds is 1. The van der Waals surface area contributed by atoms with Gasteiger partial charge in [-0.25, -0.2) is 4.98 Å². The lowest BCUT2D eigenvalue weighted by atomic mass is 9.88. The molecule has 1 aromatic heterocycles. The van der Waals surface area contributed by atoms with E-state index >= 15 is 0 Å². The molecule has 21 heavy (non-hydrogen) atoms. The van der Waals surface area contributed by atoms with Gasteiger partial charge in [-0.05, 0) is 32.1 Å². The molecule has 0 N–H and O–H groups in total. The summed E-state index contributed by atoms with van der Waals surface area (Å²) in [5, 5.41) is 0. The third-order valence-corrected chi connectivity index (χ3v) is 4.78. The van der Waals surface area contributed by atoms with Gasteiger partial charge in [-0.3, -0.25) is 9.59 Å². The summed E-state index contributed by atoms with van der Waals surface area (Å²) in [6.45, 7) is 3.13. The molecule has 6 heteroatoms. The highest BCUT2D eigenvalue weighted by atomic mass is 16.3. The lowest BCUT2D eigenvalue weighted by Gasteiger charge is -2.41. The maximum atomic E-state index is 12.5. The predicted molar refractivity (Wildman–Crippen MR) is 75.7 cm³/mol. The van der Waals surface area contributed by atoms with E-state index < -0.39 is 0 Å². The number of carbonyl (C=O) groups excluding carboxylic acids is 2. The third kappa shape index (κ3) is 2.54. The molecule has 0 unspecified atom stereocenters. The molecule has 2 atom stereocenters. The zero-order valence-corrected chi connectivity index (χ0v) is 12.5. The summed E-state index contributed by atoms with van der Waals surface area (Å²) in [6.07, 6.45) is 4.69. The van der Waals surface area contributed by atoms with E-state index in [1.807, 2.05) is 16.8 Å². The van der Waals surface area contributed by atoms with Crippen LogP contribution in [0.15, 0.2) is 10.8 Å². The molecule has 2 aliphatic heterocycles. The summed E-state index contributed by atoms with van der Waals surface area (Å²) in [5.74, 6) is 1.11. The van der Waals surface area contributed by atoms with Crippen LogP contribution in [0.5, 0.6) is 0 Å². The standard InChI is InChI=1S/C15H21N3O3/c1-10-14(16-9-21-10)15(20)18-7-6-12-11(8-18)4-3-5-13(19)17(12)2/h9,11-12H,3-8H2,1-2H3/t11-,12+/m0/s1. The van der Waals surface area contributed by atoms with E-state index in [-0.39, 0.29) is 17.9 Å². The fraction of sp³-hybridized carbons (Fsp3) is 0.667. The quantitative estimate of drug-likeness (QED) is 0.785. The van der Waals surface area contributed by atoms with Gasteiger partial charge in [-0.15, -0.1) is 0 Å². The minimum atomic E-state index is -0.0575. The van der Waals surface area contributed by atoms with Crippen LogP contribution in [0.1, 0.15) is 41.9 Å². The van der Waals surface area contributed by atoms with E-state index in [0.29, 0.717) is 36.9 Å². The number of amides is 2. The highest BCUT2D eigenvalue weighted by molar-refractivity contribution is 5.93. The second kappa shape index (κ2) is 5.50. The minimum Gasteiger partial charge on any atom is -0.448 e. The van der Waals surface area contributed by atoms with Crippen molar-refractivity contribution in [1.29, 1.82) is 0 Å². The van der Waals surface area contributed by atoms with Gasteiger partial charge in [0, 0.05) is 32.6 Å². The lowest BCUT2D eigenvalue weighted by molar-refractivity contribution is -0.132. The Bertz CT molecular complexity index is 554. The fourth-order valence-corrected chi connectivity index (χ4v) is 3.54. The van der Waals surface area contributed by atoms with Crippen molar-refractivity contribution in [2.24, 2.45) is 5.92 Å². The molecular weight excluding hydrogens is 270 g/mol. The molecule has 0 bridgehead atoms. The number of likely N-dealkylation sites (tertiary alicyclic amines) is 2. The highest BCUT2D eigenvalue weighted by Crippen LogP contribution is 2.30. The zero-order valence-electron chi connectivity index (χ0n) is 12.5. The normalized spacial score (nSPS) is 26.5. The number of hydrogen-bond donors (Lipinski definition) is 0. The van der Waals surface area contributed by atoms with E-state index in [4.69, 9.17) is 4.42 Å². The van der Waals surface area contributed by atoms with Crippen molar-refractivity contribution in [3.05, 3.63) is 17.8 Å². The van der Waals surface area contributed by atoms with Gasteiger partial charge in [0.2, 0.25) is 5.91 Å². The average molecular weight is 291 g/mol. The van der Waals surface area contributed by atoms with Crippen molar-refractivity contribution >= 4 is 11.8 Å². The van der Waals surface area contributed by atoms with Gasteiger partial charge in [-0.1, -0.05) is 0 Å². The topological polar surface area (TPSA) is 66.7 Å².